The SMILES string of the molecule is Cc1ccccc1S(=O)(=O)N1CCC2(CCC2N2CCOCC2)CC1. The van der Waals surface area contributed by atoms with Gasteiger partial charge in [0.25, 0.3) is 0 Å². The van der Waals surface area contributed by atoms with Crippen LogP contribution in [0.25, 0.3) is 0 Å². The van der Waals surface area contributed by atoms with Crippen LogP contribution in [0.2, 0.25) is 0 Å². The van der Waals surface area contributed by atoms with Gasteiger partial charge in [0.05, 0.1) is 18.1 Å². The summed E-state index contributed by atoms with van der Waals surface area (Å²) in [4.78, 5) is 3.04. The molecule has 1 aliphatic carbocycles. The second-order valence-corrected chi connectivity index (χ2v) is 9.64. The molecule has 0 aromatic heterocycles. The van der Waals surface area contributed by atoms with Gasteiger partial charge in [0, 0.05) is 32.2 Å². The topological polar surface area (TPSA) is 49.9 Å². The predicted molar refractivity (Wildman–Crippen MR) is 97.0 cm³/mol. The van der Waals surface area contributed by atoms with Gasteiger partial charge in [0.1, 0.15) is 0 Å². The molecule has 1 aromatic rings. The van der Waals surface area contributed by atoms with Gasteiger partial charge in [0.15, 0.2) is 0 Å². The number of nitrogens with zero attached hydrogens (tertiary/aromatic N) is 2. The van der Waals surface area contributed by atoms with Gasteiger partial charge in [0.2, 0.25) is 10.0 Å². The zero-order chi connectivity index (χ0) is 17.5. The minimum Gasteiger partial charge on any atom is -0.379 e. The fourth-order valence-corrected chi connectivity index (χ4v) is 6.55. The third-order valence-electron chi connectivity index (χ3n) is 6.54. The molecule has 1 unspecified atom stereocenters. The van der Waals surface area contributed by atoms with E-state index < -0.39 is 10.0 Å². The lowest BCUT2D eigenvalue weighted by Gasteiger charge is -2.58. The van der Waals surface area contributed by atoms with Gasteiger partial charge in [-0.15, -0.1) is 0 Å². The summed E-state index contributed by atoms with van der Waals surface area (Å²) in [6.45, 7) is 6.89. The molecule has 0 bridgehead atoms. The van der Waals surface area contributed by atoms with Crippen LogP contribution in [0.1, 0.15) is 31.2 Å². The molecule has 1 atom stereocenters. The van der Waals surface area contributed by atoms with E-state index >= 15 is 0 Å². The summed E-state index contributed by atoms with van der Waals surface area (Å²) < 4.78 is 33.2. The number of hydrogen-bond donors (Lipinski definition) is 0. The highest BCUT2D eigenvalue weighted by Crippen LogP contribution is 2.52. The number of aryl methyl sites for hydroxylation is 1. The molecule has 6 heteroatoms. The van der Waals surface area contributed by atoms with Crippen LogP contribution in [0, 0.1) is 12.3 Å². The van der Waals surface area contributed by atoms with E-state index in [1.807, 2.05) is 25.1 Å². The summed E-state index contributed by atoms with van der Waals surface area (Å²) in [5.74, 6) is 0. The van der Waals surface area contributed by atoms with Crippen molar-refractivity contribution in [1.29, 1.82) is 0 Å². The lowest BCUT2D eigenvalue weighted by molar-refractivity contribution is -0.0906. The van der Waals surface area contributed by atoms with Gasteiger partial charge in [-0.25, -0.2) is 8.42 Å². The molecule has 1 aromatic carbocycles. The standard InChI is InChI=1S/C19H28N2O3S/c1-16-4-2-3-5-17(16)25(22,23)21-10-8-19(9-11-21)7-6-18(19)20-12-14-24-15-13-20/h2-5,18H,6-15H2,1H3. The first-order valence-electron chi connectivity index (χ1n) is 9.41. The molecule has 0 radical (unpaired) electrons. The quantitative estimate of drug-likeness (QED) is 0.826. The van der Waals surface area contributed by atoms with Crippen molar-refractivity contribution in [3.8, 4) is 0 Å². The molecule has 5 nitrogen and oxygen atoms in total. The number of hydrogen-bond acceptors (Lipinski definition) is 4. The first-order chi connectivity index (χ1) is 12.0. The molecule has 2 saturated heterocycles. The van der Waals surface area contributed by atoms with Crippen LogP contribution in [0.4, 0.5) is 0 Å². The summed E-state index contributed by atoms with van der Waals surface area (Å²) >= 11 is 0. The number of sulfonamides is 1. The van der Waals surface area contributed by atoms with Crippen molar-refractivity contribution in [1.82, 2.24) is 9.21 Å². The molecule has 2 heterocycles. The maximum Gasteiger partial charge on any atom is 0.243 e. The Hall–Kier alpha value is -0.950. The van der Waals surface area contributed by atoms with E-state index in [0.29, 0.717) is 29.4 Å². The minimum atomic E-state index is -3.37. The largest absolute Gasteiger partial charge is 0.379 e. The van der Waals surface area contributed by atoms with E-state index in [-0.39, 0.29) is 0 Å². The summed E-state index contributed by atoms with van der Waals surface area (Å²) in [7, 11) is -3.37. The van der Waals surface area contributed by atoms with Crippen molar-refractivity contribution in [3.63, 3.8) is 0 Å². The minimum absolute atomic E-state index is 0.328. The molecule has 1 saturated carbocycles. The highest BCUT2D eigenvalue weighted by atomic mass is 32.2. The van der Waals surface area contributed by atoms with Gasteiger partial charge in [-0.3, -0.25) is 4.90 Å². The van der Waals surface area contributed by atoms with Crippen LogP contribution in [-0.2, 0) is 14.8 Å². The molecule has 0 N–H and O–H groups in total. The Bertz CT molecular complexity index is 720. The zero-order valence-corrected chi connectivity index (χ0v) is 15.8. The molecule has 1 spiro atoms. The van der Waals surface area contributed by atoms with Gasteiger partial charge in [-0.2, -0.15) is 4.31 Å². The van der Waals surface area contributed by atoms with Crippen LogP contribution < -0.4 is 0 Å². The van der Waals surface area contributed by atoms with Gasteiger partial charge in [-0.05, 0) is 49.7 Å². The van der Waals surface area contributed by atoms with E-state index in [4.69, 9.17) is 4.74 Å². The lowest BCUT2D eigenvalue weighted by Crippen LogP contribution is -2.61. The third kappa shape index (κ3) is 3.03. The van der Waals surface area contributed by atoms with E-state index in [0.717, 1.165) is 44.7 Å². The molecule has 3 aliphatic rings. The van der Waals surface area contributed by atoms with Gasteiger partial charge in [-0.1, -0.05) is 18.2 Å². The Balaban J connectivity index is 1.45. The highest BCUT2D eigenvalue weighted by molar-refractivity contribution is 7.89. The third-order valence-corrected chi connectivity index (χ3v) is 8.60. The first-order valence-corrected chi connectivity index (χ1v) is 10.8. The average Bonchev–Trinajstić information content (AvgIpc) is 2.62. The van der Waals surface area contributed by atoms with Crippen LogP contribution in [0.3, 0.4) is 0 Å². The predicted octanol–water partition coefficient (Wildman–Crippen LogP) is 2.26. The summed E-state index contributed by atoms with van der Waals surface area (Å²) in [5.41, 5.74) is 1.16. The fourth-order valence-electron chi connectivity index (χ4n) is 4.88. The number of benzene rings is 1. The Morgan fingerprint density at radius 3 is 2.32 bits per heavy atom. The number of morpholine rings is 1. The average molecular weight is 365 g/mol. The van der Waals surface area contributed by atoms with Crippen molar-refractivity contribution >= 4 is 10.0 Å². The van der Waals surface area contributed by atoms with E-state index in [1.165, 1.54) is 12.8 Å². The summed E-state index contributed by atoms with van der Waals surface area (Å²) in [6, 6.07) is 7.93. The van der Waals surface area contributed by atoms with Crippen LogP contribution in [0.15, 0.2) is 29.2 Å². The second-order valence-electron chi connectivity index (χ2n) is 7.73. The van der Waals surface area contributed by atoms with Crippen molar-refractivity contribution in [3.05, 3.63) is 29.8 Å². The highest BCUT2D eigenvalue weighted by Gasteiger charge is 2.51. The summed E-state index contributed by atoms with van der Waals surface area (Å²) in [6.07, 6.45) is 4.47. The van der Waals surface area contributed by atoms with Gasteiger partial charge >= 0.3 is 0 Å². The van der Waals surface area contributed by atoms with Crippen molar-refractivity contribution in [2.24, 2.45) is 5.41 Å². The van der Waals surface area contributed by atoms with E-state index in [9.17, 15) is 8.42 Å². The Morgan fingerprint density at radius 2 is 1.72 bits per heavy atom. The van der Waals surface area contributed by atoms with Crippen LogP contribution in [0.5, 0.6) is 0 Å². The molecular weight excluding hydrogens is 336 g/mol. The molecular formula is C19H28N2O3S. The molecule has 3 fully saturated rings. The van der Waals surface area contributed by atoms with Gasteiger partial charge < -0.3 is 4.74 Å². The maximum absolute atomic E-state index is 13.0. The monoisotopic (exact) mass is 364 g/mol. The van der Waals surface area contributed by atoms with Crippen LogP contribution >= 0.6 is 0 Å². The van der Waals surface area contributed by atoms with E-state index in [1.54, 1.807) is 10.4 Å². The lowest BCUT2D eigenvalue weighted by atomic mass is 9.59. The maximum atomic E-state index is 13.0. The second kappa shape index (κ2) is 6.65. The fraction of sp³-hybridized carbons (Fsp3) is 0.684. The molecule has 4 rings (SSSR count). The Labute approximate surface area is 151 Å². The van der Waals surface area contributed by atoms with Crippen molar-refractivity contribution < 1.29 is 13.2 Å². The smallest absolute Gasteiger partial charge is 0.243 e. The Morgan fingerprint density at radius 1 is 1.04 bits per heavy atom. The molecule has 2 aliphatic heterocycles. The Kier molecular flexibility index (Phi) is 4.65. The summed E-state index contributed by atoms with van der Waals surface area (Å²) in [5, 5.41) is 0. The molecule has 25 heavy (non-hydrogen) atoms. The zero-order valence-electron chi connectivity index (χ0n) is 15.0. The first kappa shape index (κ1) is 17.5. The van der Waals surface area contributed by atoms with E-state index in [2.05, 4.69) is 4.90 Å². The number of piperidine rings is 1. The van der Waals surface area contributed by atoms with Crippen LogP contribution in [-0.4, -0.2) is 63.1 Å². The normalized spacial score (nSPS) is 28.0. The number of rotatable bonds is 3. The van der Waals surface area contributed by atoms with Crippen molar-refractivity contribution in [2.75, 3.05) is 39.4 Å². The molecule has 138 valence electrons. The molecule has 0 amide bonds. The van der Waals surface area contributed by atoms with Crippen molar-refractivity contribution in [2.45, 2.75) is 43.5 Å². The number of ether oxygens (including phenoxy) is 1.